The Labute approximate surface area is 239 Å². The molecule has 4 N–H and O–H groups in total. The van der Waals surface area contributed by atoms with Gasteiger partial charge in [-0.2, -0.15) is 0 Å². The Balaban J connectivity index is 1.39. The van der Waals surface area contributed by atoms with E-state index in [1.807, 2.05) is 37.3 Å². The van der Waals surface area contributed by atoms with Gasteiger partial charge in [-0.25, -0.2) is 15.0 Å². The summed E-state index contributed by atoms with van der Waals surface area (Å²) in [6.45, 7) is 5.63. The first kappa shape index (κ1) is 28.9. The number of imidazole rings is 1. The number of carbonyl (C=O) groups is 2. The highest BCUT2D eigenvalue weighted by atomic mass is 16.5. The maximum Gasteiger partial charge on any atom is 0.289 e. The predicted molar refractivity (Wildman–Crippen MR) is 154 cm³/mol. The van der Waals surface area contributed by atoms with Gasteiger partial charge in [0.2, 0.25) is 11.7 Å². The molecule has 41 heavy (non-hydrogen) atoms. The first-order valence-electron chi connectivity index (χ1n) is 14.6. The van der Waals surface area contributed by atoms with E-state index in [0.29, 0.717) is 49.3 Å². The highest BCUT2D eigenvalue weighted by Crippen LogP contribution is 2.32. The highest BCUT2D eigenvalue weighted by Gasteiger charge is 2.33. The third kappa shape index (κ3) is 7.19. The fourth-order valence-corrected chi connectivity index (χ4v) is 5.48. The maximum atomic E-state index is 13.3. The molecular weight excluding hydrogens is 524 g/mol. The maximum absolute atomic E-state index is 13.3. The van der Waals surface area contributed by atoms with Crippen LogP contribution in [0.25, 0.3) is 11.2 Å². The minimum Gasteiger partial charge on any atom is -0.394 e. The first-order valence-corrected chi connectivity index (χ1v) is 14.6. The van der Waals surface area contributed by atoms with Gasteiger partial charge in [-0.3, -0.25) is 14.2 Å². The lowest BCUT2D eigenvalue weighted by molar-refractivity contribution is -0.133. The second kappa shape index (κ2) is 13.8. The smallest absolute Gasteiger partial charge is 0.289 e. The van der Waals surface area contributed by atoms with E-state index < -0.39 is 12.3 Å². The average molecular weight is 565 g/mol. The summed E-state index contributed by atoms with van der Waals surface area (Å²) in [6.07, 6.45) is 5.96. The molecule has 0 bridgehead atoms. The van der Waals surface area contributed by atoms with Crippen LogP contribution in [0.4, 0.5) is 5.82 Å². The third-order valence-electron chi connectivity index (χ3n) is 7.62. The molecule has 12 heteroatoms. The molecule has 2 fully saturated rings. The van der Waals surface area contributed by atoms with Crippen LogP contribution in [0.1, 0.15) is 61.4 Å². The SMILES string of the molecule is CCNC(=O)C1CCC(n2cnc3c(N[C@H](CO)Cc4ccccc4)nc(C(=O)NCCN4CCCCC4)nc32)O1. The lowest BCUT2D eigenvalue weighted by atomic mass is 10.1. The van der Waals surface area contributed by atoms with Crippen molar-refractivity contribution in [3.63, 3.8) is 0 Å². The summed E-state index contributed by atoms with van der Waals surface area (Å²) in [4.78, 5) is 41.7. The van der Waals surface area contributed by atoms with Crippen LogP contribution >= 0.6 is 0 Å². The van der Waals surface area contributed by atoms with Crippen molar-refractivity contribution in [1.82, 2.24) is 35.1 Å². The van der Waals surface area contributed by atoms with E-state index in [4.69, 9.17) is 4.74 Å². The van der Waals surface area contributed by atoms with Gasteiger partial charge in [-0.05, 0) is 57.7 Å². The van der Waals surface area contributed by atoms with E-state index >= 15 is 0 Å². The summed E-state index contributed by atoms with van der Waals surface area (Å²) < 4.78 is 7.83. The number of nitrogens with zero attached hydrogens (tertiary/aromatic N) is 5. The van der Waals surface area contributed by atoms with Crippen LogP contribution in [0.2, 0.25) is 0 Å². The van der Waals surface area contributed by atoms with Crippen molar-refractivity contribution < 1.29 is 19.4 Å². The zero-order valence-corrected chi connectivity index (χ0v) is 23.6. The standard InChI is InChI=1S/C29H40N8O4/c1-2-30-28(39)22-11-12-23(41-22)37-19-32-24-25(33-21(18-38)17-20-9-5-3-6-10-20)34-26(35-27(24)37)29(40)31-13-16-36-14-7-4-8-15-36/h3,5-6,9-10,19,21-23,38H,2,4,7-8,11-18H2,1H3,(H,30,39)(H,31,40)(H,33,34,35)/t21-,22?,23?/m0/s1. The number of ether oxygens (including phenoxy) is 1. The van der Waals surface area contributed by atoms with Crippen molar-refractivity contribution in [2.75, 3.05) is 44.6 Å². The minimum atomic E-state index is -0.556. The molecule has 2 unspecified atom stereocenters. The van der Waals surface area contributed by atoms with Crippen LogP contribution in [0.3, 0.4) is 0 Å². The van der Waals surface area contributed by atoms with Crippen LogP contribution in [-0.2, 0) is 16.0 Å². The number of likely N-dealkylation sites (N-methyl/N-ethyl adjacent to an activating group) is 1. The van der Waals surface area contributed by atoms with Crippen LogP contribution in [-0.4, -0.2) is 92.8 Å². The van der Waals surface area contributed by atoms with Crippen LogP contribution in [0.5, 0.6) is 0 Å². The molecule has 1 aromatic carbocycles. The quantitative estimate of drug-likeness (QED) is 0.259. The second-order valence-electron chi connectivity index (χ2n) is 10.6. The highest BCUT2D eigenvalue weighted by molar-refractivity contribution is 5.94. The Morgan fingerprint density at radius 2 is 1.90 bits per heavy atom. The van der Waals surface area contributed by atoms with Gasteiger partial charge in [0.1, 0.15) is 12.3 Å². The summed E-state index contributed by atoms with van der Waals surface area (Å²) in [6, 6.07) is 9.49. The molecule has 0 saturated carbocycles. The topological polar surface area (TPSA) is 147 Å². The number of likely N-dealkylation sites (tertiary alicyclic amines) is 1. The van der Waals surface area contributed by atoms with E-state index in [-0.39, 0.29) is 30.3 Å². The number of amides is 2. The van der Waals surface area contributed by atoms with E-state index in [1.54, 1.807) is 10.9 Å². The molecule has 2 saturated heterocycles. The number of piperidine rings is 1. The fourth-order valence-electron chi connectivity index (χ4n) is 5.48. The number of nitrogens with one attached hydrogen (secondary N) is 3. The number of rotatable bonds is 12. The van der Waals surface area contributed by atoms with Gasteiger partial charge in [0.15, 0.2) is 17.0 Å². The Bertz CT molecular complexity index is 1310. The molecule has 0 aliphatic carbocycles. The Kier molecular flexibility index (Phi) is 9.75. The predicted octanol–water partition coefficient (Wildman–Crippen LogP) is 1.87. The monoisotopic (exact) mass is 564 g/mol. The van der Waals surface area contributed by atoms with Crippen LogP contribution in [0.15, 0.2) is 36.7 Å². The molecule has 2 aliphatic heterocycles. The van der Waals surface area contributed by atoms with Crippen molar-refractivity contribution in [3.05, 3.63) is 48.0 Å². The summed E-state index contributed by atoms with van der Waals surface area (Å²) in [5, 5.41) is 19.2. The fraction of sp³-hybridized carbons (Fsp3) is 0.552. The van der Waals surface area contributed by atoms with E-state index in [9.17, 15) is 14.7 Å². The van der Waals surface area contributed by atoms with Crippen molar-refractivity contribution in [1.29, 1.82) is 0 Å². The summed E-state index contributed by atoms with van der Waals surface area (Å²) in [5.41, 5.74) is 1.95. The number of hydrogen-bond donors (Lipinski definition) is 4. The molecule has 5 rings (SSSR count). The summed E-state index contributed by atoms with van der Waals surface area (Å²) >= 11 is 0. The molecule has 3 atom stereocenters. The third-order valence-corrected chi connectivity index (χ3v) is 7.62. The molecule has 2 aliphatic rings. The van der Waals surface area contributed by atoms with Gasteiger partial charge in [0.25, 0.3) is 5.91 Å². The number of hydrogen-bond acceptors (Lipinski definition) is 9. The van der Waals surface area contributed by atoms with Crippen molar-refractivity contribution in [2.45, 2.75) is 63.8 Å². The van der Waals surface area contributed by atoms with E-state index in [2.05, 4.69) is 35.8 Å². The van der Waals surface area contributed by atoms with Gasteiger partial charge in [-0.1, -0.05) is 36.8 Å². The molecule has 4 heterocycles. The Morgan fingerprint density at radius 1 is 1.10 bits per heavy atom. The van der Waals surface area contributed by atoms with Gasteiger partial charge in [0.05, 0.1) is 19.0 Å². The van der Waals surface area contributed by atoms with Gasteiger partial charge in [0, 0.05) is 19.6 Å². The number of aromatic nitrogens is 4. The second-order valence-corrected chi connectivity index (χ2v) is 10.6. The zero-order chi connectivity index (χ0) is 28.6. The summed E-state index contributed by atoms with van der Waals surface area (Å²) in [7, 11) is 0. The Morgan fingerprint density at radius 3 is 2.66 bits per heavy atom. The van der Waals surface area contributed by atoms with E-state index in [0.717, 1.165) is 25.2 Å². The molecule has 220 valence electrons. The molecule has 3 aromatic rings. The lowest BCUT2D eigenvalue weighted by Crippen LogP contribution is -2.38. The molecule has 2 aromatic heterocycles. The van der Waals surface area contributed by atoms with Crippen LogP contribution in [0, 0.1) is 0 Å². The van der Waals surface area contributed by atoms with Crippen molar-refractivity contribution >= 4 is 28.8 Å². The van der Waals surface area contributed by atoms with Crippen molar-refractivity contribution in [3.8, 4) is 0 Å². The number of aliphatic hydroxyl groups is 1. The van der Waals surface area contributed by atoms with Crippen LogP contribution < -0.4 is 16.0 Å². The number of aliphatic hydroxyl groups excluding tert-OH is 1. The molecule has 12 nitrogen and oxygen atoms in total. The first-order chi connectivity index (χ1) is 20.1. The van der Waals surface area contributed by atoms with Gasteiger partial charge in [-0.15, -0.1) is 0 Å². The lowest BCUT2D eigenvalue weighted by Gasteiger charge is -2.26. The van der Waals surface area contributed by atoms with E-state index in [1.165, 1.54) is 19.3 Å². The largest absolute Gasteiger partial charge is 0.394 e. The Hall–Kier alpha value is -3.61. The minimum absolute atomic E-state index is 0.00932. The average Bonchev–Trinajstić information content (AvgIpc) is 3.66. The molecular formula is C29H40N8O4. The molecule has 0 radical (unpaired) electrons. The molecule has 0 spiro atoms. The van der Waals surface area contributed by atoms with Gasteiger partial charge < -0.3 is 30.7 Å². The molecule has 2 amide bonds. The number of benzene rings is 1. The van der Waals surface area contributed by atoms with Gasteiger partial charge >= 0.3 is 0 Å². The number of carbonyl (C=O) groups excluding carboxylic acids is 2. The number of anilines is 1. The number of fused-ring (bicyclic) bond motifs is 1. The normalized spacial score (nSPS) is 20.1. The summed E-state index contributed by atoms with van der Waals surface area (Å²) in [5.74, 6) is -0.147. The zero-order valence-electron chi connectivity index (χ0n) is 23.6. The van der Waals surface area contributed by atoms with Crippen molar-refractivity contribution in [2.24, 2.45) is 0 Å².